The zero-order valence-corrected chi connectivity index (χ0v) is 17.1. The molecular weight excluding hydrogens is 388 g/mol. The van der Waals surface area contributed by atoms with Crippen molar-refractivity contribution < 1.29 is 9.59 Å². The van der Waals surface area contributed by atoms with Crippen LogP contribution in [0.1, 0.15) is 33.8 Å². The maximum absolute atomic E-state index is 12.8. The third kappa shape index (κ3) is 3.75. The van der Waals surface area contributed by atoms with Crippen LogP contribution >= 0.6 is 24.0 Å². The molecule has 4 nitrogen and oxygen atoms in total. The van der Waals surface area contributed by atoms with Crippen molar-refractivity contribution in [3.8, 4) is 0 Å². The first-order valence-electron chi connectivity index (χ1n) is 9.19. The zero-order valence-electron chi connectivity index (χ0n) is 15.5. The van der Waals surface area contributed by atoms with Gasteiger partial charge in [0.25, 0.3) is 11.8 Å². The van der Waals surface area contributed by atoms with Crippen LogP contribution < -0.4 is 0 Å². The second-order valence-electron chi connectivity index (χ2n) is 7.01. The molecule has 6 heteroatoms. The molecule has 0 radical (unpaired) electrons. The monoisotopic (exact) mass is 408 g/mol. The smallest absolute Gasteiger partial charge is 0.265 e. The van der Waals surface area contributed by atoms with E-state index in [4.69, 9.17) is 12.2 Å². The van der Waals surface area contributed by atoms with E-state index < -0.39 is 0 Å². The van der Waals surface area contributed by atoms with Crippen LogP contribution in [-0.2, 0) is 4.79 Å². The standard InChI is InChI=1S/C22H20N2O2S2/c1-23-21(26)19(28-22(23)27)13-15-7-9-17(10-8-15)20(25)24-12-11-18(14-24)16-5-3-2-4-6-16/h2-10,13,18H,11-12,14H2,1H3/b19-13+/t18-/m1/s1. The minimum atomic E-state index is -0.0841. The average Bonchev–Trinajstić information content (AvgIpc) is 3.31. The summed E-state index contributed by atoms with van der Waals surface area (Å²) in [6, 6.07) is 17.8. The number of hydrogen-bond donors (Lipinski definition) is 0. The highest BCUT2D eigenvalue weighted by Crippen LogP contribution is 2.31. The van der Waals surface area contributed by atoms with E-state index in [0.717, 1.165) is 25.1 Å². The molecule has 1 atom stereocenters. The second-order valence-corrected chi connectivity index (χ2v) is 8.69. The molecule has 2 aromatic rings. The Morgan fingerprint density at radius 2 is 1.86 bits per heavy atom. The third-order valence-corrected chi connectivity index (χ3v) is 6.67. The van der Waals surface area contributed by atoms with E-state index in [0.29, 0.717) is 20.7 Å². The summed E-state index contributed by atoms with van der Waals surface area (Å²) in [6.45, 7) is 1.53. The summed E-state index contributed by atoms with van der Waals surface area (Å²) in [5.41, 5.74) is 2.85. The molecule has 0 saturated carbocycles. The maximum atomic E-state index is 12.8. The predicted molar refractivity (Wildman–Crippen MR) is 117 cm³/mol. The summed E-state index contributed by atoms with van der Waals surface area (Å²) in [5.74, 6) is 0.379. The molecule has 142 valence electrons. The molecular formula is C22H20N2O2S2. The lowest BCUT2D eigenvalue weighted by atomic mass is 9.99. The molecule has 0 N–H and O–H groups in total. The fourth-order valence-corrected chi connectivity index (χ4v) is 4.72. The van der Waals surface area contributed by atoms with Gasteiger partial charge in [0.05, 0.1) is 4.91 Å². The topological polar surface area (TPSA) is 40.6 Å². The number of likely N-dealkylation sites (tertiary alicyclic amines) is 1. The fourth-order valence-electron chi connectivity index (χ4n) is 3.54. The van der Waals surface area contributed by atoms with Gasteiger partial charge in [-0.25, -0.2) is 0 Å². The SMILES string of the molecule is CN1C(=O)/C(=C\c2ccc(C(=O)N3CC[C@@H](c4ccccc4)C3)cc2)SC1=S. The molecule has 0 bridgehead atoms. The lowest BCUT2D eigenvalue weighted by Crippen LogP contribution is -2.28. The number of rotatable bonds is 3. The summed E-state index contributed by atoms with van der Waals surface area (Å²) in [7, 11) is 1.68. The van der Waals surface area contributed by atoms with Crippen molar-refractivity contribution >= 4 is 46.2 Å². The number of nitrogens with zero attached hydrogens (tertiary/aromatic N) is 2. The molecule has 2 heterocycles. The Hall–Kier alpha value is -2.44. The number of carbonyl (C=O) groups is 2. The first-order chi connectivity index (χ1) is 13.5. The van der Waals surface area contributed by atoms with Crippen LogP contribution in [0.3, 0.4) is 0 Å². The largest absolute Gasteiger partial charge is 0.338 e. The normalized spacial score (nSPS) is 21.0. The Kier molecular flexibility index (Phi) is 5.33. The van der Waals surface area contributed by atoms with Gasteiger partial charge < -0.3 is 4.90 Å². The van der Waals surface area contributed by atoms with Gasteiger partial charge in [-0.3, -0.25) is 14.5 Å². The van der Waals surface area contributed by atoms with E-state index in [-0.39, 0.29) is 11.8 Å². The Morgan fingerprint density at radius 1 is 1.14 bits per heavy atom. The van der Waals surface area contributed by atoms with Gasteiger partial charge in [0, 0.05) is 31.6 Å². The van der Waals surface area contributed by atoms with Gasteiger partial charge >= 0.3 is 0 Å². The molecule has 2 saturated heterocycles. The van der Waals surface area contributed by atoms with Gasteiger partial charge in [0.2, 0.25) is 0 Å². The summed E-state index contributed by atoms with van der Waals surface area (Å²) in [5, 5.41) is 0. The maximum Gasteiger partial charge on any atom is 0.265 e. The quantitative estimate of drug-likeness (QED) is 0.565. The lowest BCUT2D eigenvalue weighted by Gasteiger charge is -2.17. The summed E-state index contributed by atoms with van der Waals surface area (Å²) in [4.78, 5) is 29.0. The highest BCUT2D eigenvalue weighted by molar-refractivity contribution is 8.26. The van der Waals surface area contributed by atoms with E-state index in [9.17, 15) is 9.59 Å². The number of amides is 2. The van der Waals surface area contributed by atoms with Crippen LogP contribution in [0.4, 0.5) is 0 Å². The van der Waals surface area contributed by atoms with Crippen molar-refractivity contribution in [3.63, 3.8) is 0 Å². The molecule has 2 fully saturated rings. The summed E-state index contributed by atoms with van der Waals surface area (Å²) >= 11 is 6.45. The highest BCUT2D eigenvalue weighted by atomic mass is 32.2. The minimum Gasteiger partial charge on any atom is -0.338 e. The van der Waals surface area contributed by atoms with Gasteiger partial charge in [-0.1, -0.05) is 66.4 Å². The third-order valence-electron chi connectivity index (χ3n) is 5.19. The molecule has 2 aliphatic heterocycles. The molecule has 0 spiro atoms. The number of benzene rings is 2. The Morgan fingerprint density at radius 3 is 2.50 bits per heavy atom. The Balaban J connectivity index is 1.44. The summed E-state index contributed by atoms with van der Waals surface area (Å²) < 4.78 is 0.560. The average molecular weight is 409 g/mol. The van der Waals surface area contributed by atoms with E-state index in [1.54, 1.807) is 7.05 Å². The Labute approximate surface area is 174 Å². The molecule has 0 unspecified atom stereocenters. The number of hydrogen-bond acceptors (Lipinski definition) is 4. The highest BCUT2D eigenvalue weighted by Gasteiger charge is 2.29. The van der Waals surface area contributed by atoms with Gasteiger partial charge in [-0.2, -0.15) is 0 Å². The number of likely N-dealkylation sites (N-methyl/N-ethyl adjacent to an activating group) is 1. The van der Waals surface area contributed by atoms with Crippen LogP contribution in [0.5, 0.6) is 0 Å². The molecule has 4 rings (SSSR count). The summed E-state index contributed by atoms with van der Waals surface area (Å²) in [6.07, 6.45) is 2.81. The number of thioether (sulfide) groups is 1. The number of carbonyl (C=O) groups excluding carboxylic acids is 2. The van der Waals surface area contributed by atoms with Gasteiger partial charge in [-0.05, 0) is 35.8 Å². The first kappa shape index (κ1) is 18.9. The molecule has 2 amide bonds. The minimum absolute atomic E-state index is 0.0601. The van der Waals surface area contributed by atoms with Crippen molar-refractivity contribution in [2.75, 3.05) is 20.1 Å². The lowest BCUT2D eigenvalue weighted by molar-refractivity contribution is -0.121. The first-order valence-corrected chi connectivity index (χ1v) is 10.4. The predicted octanol–water partition coefficient (Wildman–Crippen LogP) is 4.15. The van der Waals surface area contributed by atoms with Crippen molar-refractivity contribution in [2.24, 2.45) is 0 Å². The van der Waals surface area contributed by atoms with Gasteiger partial charge in [-0.15, -0.1) is 0 Å². The van der Waals surface area contributed by atoms with Crippen LogP contribution in [0, 0.1) is 0 Å². The molecule has 0 aromatic heterocycles. The Bertz CT molecular complexity index is 954. The molecule has 2 aromatic carbocycles. The van der Waals surface area contributed by atoms with Gasteiger partial charge in [0.15, 0.2) is 0 Å². The zero-order chi connectivity index (χ0) is 19.7. The fraction of sp³-hybridized carbons (Fsp3) is 0.227. The van der Waals surface area contributed by atoms with Crippen molar-refractivity contribution in [1.29, 1.82) is 0 Å². The van der Waals surface area contributed by atoms with E-state index in [2.05, 4.69) is 12.1 Å². The van der Waals surface area contributed by atoms with Crippen LogP contribution in [0.2, 0.25) is 0 Å². The van der Waals surface area contributed by atoms with Gasteiger partial charge in [0.1, 0.15) is 4.32 Å². The van der Waals surface area contributed by atoms with E-state index in [1.807, 2.05) is 53.4 Å². The molecule has 2 aliphatic rings. The molecule has 28 heavy (non-hydrogen) atoms. The van der Waals surface area contributed by atoms with Crippen molar-refractivity contribution in [2.45, 2.75) is 12.3 Å². The van der Waals surface area contributed by atoms with E-state index >= 15 is 0 Å². The van der Waals surface area contributed by atoms with Crippen LogP contribution in [-0.4, -0.2) is 46.1 Å². The molecule has 0 aliphatic carbocycles. The van der Waals surface area contributed by atoms with E-state index in [1.165, 1.54) is 22.2 Å². The second kappa shape index (κ2) is 7.89. The van der Waals surface area contributed by atoms with Crippen molar-refractivity contribution in [1.82, 2.24) is 9.80 Å². The van der Waals surface area contributed by atoms with Crippen molar-refractivity contribution in [3.05, 3.63) is 76.2 Å². The van der Waals surface area contributed by atoms with Crippen LogP contribution in [0.25, 0.3) is 6.08 Å². The number of thiocarbonyl (C=S) groups is 1. The van der Waals surface area contributed by atoms with Crippen LogP contribution in [0.15, 0.2) is 59.5 Å².